The minimum Gasteiger partial charge on any atom is -0.480 e. The first-order valence-electron chi connectivity index (χ1n) is 4.78. The molecule has 1 amide bonds. The number of nitrogens with one attached hydrogen (secondary N) is 1. The Labute approximate surface area is 83.1 Å². The molecule has 0 radical (unpaired) electrons. The Morgan fingerprint density at radius 3 is 2.71 bits per heavy atom. The first-order valence-corrected chi connectivity index (χ1v) is 4.78. The van der Waals surface area contributed by atoms with Gasteiger partial charge in [0.05, 0.1) is 6.04 Å². The molecule has 5 nitrogen and oxygen atoms in total. The molecule has 1 rings (SSSR count). The Bertz CT molecular complexity index is 242. The molecule has 0 saturated carbocycles. The average Bonchev–Trinajstić information content (AvgIpc) is 2.63. The molecule has 0 aromatic heterocycles. The second-order valence-electron chi connectivity index (χ2n) is 3.54. The highest BCUT2D eigenvalue weighted by atomic mass is 16.4. The number of amides is 1. The van der Waals surface area contributed by atoms with Crippen molar-refractivity contribution in [3.05, 3.63) is 0 Å². The van der Waals surface area contributed by atoms with E-state index >= 15 is 0 Å². The van der Waals surface area contributed by atoms with Crippen LogP contribution in [0.4, 0.5) is 0 Å². The monoisotopic (exact) mass is 200 g/mol. The van der Waals surface area contributed by atoms with Crippen molar-refractivity contribution in [1.29, 1.82) is 0 Å². The smallest absolute Gasteiger partial charge is 0.326 e. The lowest BCUT2D eigenvalue weighted by Crippen LogP contribution is -2.48. The highest BCUT2D eigenvalue weighted by Crippen LogP contribution is 2.18. The largest absolute Gasteiger partial charge is 0.480 e. The second kappa shape index (κ2) is 4.41. The molecule has 0 aromatic carbocycles. The lowest BCUT2D eigenvalue weighted by molar-refractivity contribution is -0.148. The second-order valence-corrected chi connectivity index (χ2v) is 3.54. The minimum atomic E-state index is -0.904. The zero-order valence-electron chi connectivity index (χ0n) is 8.49. The quantitative estimate of drug-likeness (QED) is 0.654. The predicted octanol–water partition coefficient (Wildman–Crippen LogP) is -0.330. The molecular formula is C9H16N2O3. The van der Waals surface area contributed by atoms with E-state index in [1.807, 2.05) is 0 Å². The van der Waals surface area contributed by atoms with Crippen molar-refractivity contribution < 1.29 is 14.7 Å². The minimum absolute atomic E-state index is 0.127. The summed E-state index contributed by atoms with van der Waals surface area (Å²) in [7, 11) is 1.69. The van der Waals surface area contributed by atoms with Gasteiger partial charge in [0.1, 0.15) is 6.04 Å². The maximum Gasteiger partial charge on any atom is 0.326 e. The zero-order valence-corrected chi connectivity index (χ0v) is 8.49. The molecule has 1 unspecified atom stereocenters. The molecular weight excluding hydrogens is 184 g/mol. The van der Waals surface area contributed by atoms with Gasteiger partial charge in [-0.2, -0.15) is 0 Å². The van der Waals surface area contributed by atoms with Crippen LogP contribution in [0.5, 0.6) is 0 Å². The molecule has 1 heterocycles. The van der Waals surface area contributed by atoms with Crippen LogP contribution in [0.3, 0.4) is 0 Å². The first kappa shape index (κ1) is 11.0. The van der Waals surface area contributed by atoms with Gasteiger partial charge in [0, 0.05) is 6.54 Å². The third kappa shape index (κ3) is 2.04. The zero-order chi connectivity index (χ0) is 10.7. The summed E-state index contributed by atoms with van der Waals surface area (Å²) in [4.78, 5) is 24.0. The normalized spacial score (nSPS) is 23.6. The fraction of sp³-hybridized carbons (Fsp3) is 0.778. The van der Waals surface area contributed by atoms with Crippen molar-refractivity contribution in [1.82, 2.24) is 10.2 Å². The molecule has 0 aromatic rings. The van der Waals surface area contributed by atoms with E-state index in [1.165, 1.54) is 4.90 Å². The molecule has 2 N–H and O–H groups in total. The maximum atomic E-state index is 11.7. The number of carboxylic acids is 1. The lowest BCUT2D eigenvalue weighted by atomic mass is 10.2. The van der Waals surface area contributed by atoms with Crippen LogP contribution in [-0.2, 0) is 9.59 Å². The number of nitrogens with zero attached hydrogens (tertiary/aromatic N) is 1. The van der Waals surface area contributed by atoms with E-state index in [0.29, 0.717) is 13.0 Å². The maximum absolute atomic E-state index is 11.7. The highest BCUT2D eigenvalue weighted by Gasteiger charge is 2.35. The first-order chi connectivity index (χ1) is 6.57. The summed E-state index contributed by atoms with van der Waals surface area (Å²) in [5.41, 5.74) is 0. The number of likely N-dealkylation sites (N-methyl/N-ethyl adjacent to an activating group) is 1. The van der Waals surface area contributed by atoms with Crippen LogP contribution in [0, 0.1) is 0 Å². The van der Waals surface area contributed by atoms with Crippen LogP contribution in [0.15, 0.2) is 0 Å². The Balaban J connectivity index is 2.67. The number of carbonyl (C=O) groups is 2. The van der Waals surface area contributed by atoms with Gasteiger partial charge in [0.2, 0.25) is 5.91 Å². The van der Waals surface area contributed by atoms with Crippen LogP contribution in [0.25, 0.3) is 0 Å². The van der Waals surface area contributed by atoms with E-state index in [2.05, 4.69) is 5.32 Å². The van der Waals surface area contributed by atoms with Crippen LogP contribution in [0.2, 0.25) is 0 Å². The summed E-state index contributed by atoms with van der Waals surface area (Å²) in [6.07, 6.45) is 1.34. The van der Waals surface area contributed by atoms with E-state index in [0.717, 1.165) is 6.42 Å². The van der Waals surface area contributed by atoms with E-state index in [9.17, 15) is 9.59 Å². The summed E-state index contributed by atoms with van der Waals surface area (Å²) in [5, 5.41) is 11.7. The van der Waals surface area contributed by atoms with E-state index in [4.69, 9.17) is 5.11 Å². The Kier molecular flexibility index (Phi) is 3.46. The van der Waals surface area contributed by atoms with E-state index < -0.39 is 12.0 Å². The summed E-state index contributed by atoms with van der Waals surface area (Å²) >= 11 is 0. The SMILES string of the molecule is CNC(C)C(=O)N1CCC[C@@H]1C(=O)O. The molecule has 1 fully saturated rings. The molecule has 5 heteroatoms. The predicted molar refractivity (Wildman–Crippen MR) is 50.9 cm³/mol. The number of hydrogen-bond donors (Lipinski definition) is 2. The lowest BCUT2D eigenvalue weighted by Gasteiger charge is -2.24. The topological polar surface area (TPSA) is 69.6 Å². The molecule has 2 atom stereocenters. The summed E-state index contributed by atoms with van der Waals surface area (Å²) in [5.74, 6) is -1.03. The standard InChI is InChI=1S/C9H16N2O3/c1-6(10-2)8(12)11-5-3-4-7(11)9(13)14/h6-7,10H,3-5H2,1-2H3,(H,13,14)/t6?,7-/m1/s1. The Morgan fingerprint density at radius 1 is 1.57 bits per heavy atom. The van der Waals surface area contributed by atoms with Gasteiger partial charge in [0.15, 0.2) is 0 Å². The summed E-state index contributed by atoms with van der Waals surface area (Å²) < 4.78 is 0. The molecule has 80 valence electrons. The molecule has 1 aliphatic rings. The third-order valence-corrected chi connectivity index (χ3v) is 2.62. The summed E-state index contributed by atoms with van der Waals surface area (Å²) in [6.45, 7) is 2.29. The van der Waals surface area contributed by atoms with Gasteiger partial charge in [-0.1, -0.05) is 0 Å². The third-order valence-electron chi connectivity index (χ3n) is 2.62. The van der Waals surface area contributed by atoms with Gasteiger partial charge in [-0.3, -0.25) is 4.79 Å². The molecule has 1 aliphatic heterocycles. The van der Waals surface area contributed by atoms with Crippen LogP contribution >= 0.6 is 0 Å². The molecule has 0 spiro atoms. The van der Waals surface area contributed by atoms with Gasteiger partial charge in [0.25, 0.3) is 0 Å². The molecule has 14 heavy (non-hydrogen) atoms. The molecule has 0 bridgehead atoms. The Morgan fingerprint density at radius 2 is 2.21 bits per heavy atom. The van der Waals surface area contributed by atoms with Crippen molar-refractivity contribution in [2.45, 2.75) is 31.8 Å². The fourth-order valence-corrected chi connectivity index (χ4v) is 1.66. The van der Waals surface area contributed by atoms with Crippen LogP contribution in [0.1, 0.15) is 19.8 Å². The number of rotatable bonds is 3. The summed E-state index contributed by atoms with van der Waals surface area (Å²) in [6, 6.07) is -0.937. The number of likely N-dealkylation sites (tertiary alicyclic amines) is 1. The number of aliphatic carboxylic acids is 1. The van der Waals surface area contributed by atoms with Crippen molar-refractivity contribution in [3.8, 4) is 0 Å². The van der Waals surface area contributed by atoms with Gasteiger partial charge in [-0.15, -0.1) is 0 Å². The van der Waals surface area contributed by atoms with Gasteiger partial charge >= 0.3 is 5.97 Å². The fourth-order valence-electron chi connectivity index (χ4n) is 1.66. The van der Waals surface area contributed by atoms with Crippen molar-refractivity contribution in [3.63, 3.8) is 0 Å². The van der Waals surface area contributed by atoms with Gasteiger partial charge in [-0.05, 0) is 26.8 Å². The number of carboxylic acid groups (broad SMARTS) is 1. The van der Waals surface area contributed by atoms with E-state index in [1.54, 1.807) is 14.0 Å². The Hall–Kier alpha value is -1.10. The van der Waals surface area contributed by atoms with Crippen molar-refractivity contribution >= 4 is 11.9 Å². The van der Waals surface area contributed by atoms with Crippen LogP contribution in [-0.4, -0.2) is 47.6 Å². The van der Waals surface area contributed by atoms with Crippen molar-refractivity contribution in [2.24, 2.45) is 0 Å². The van der Waals surface area contributed by atoms with Gasteiger partial charge in [-0.25, -0.2) is 4.79 Å². The average molecular weight is 200 g/mol. The van der Waals surface area contributed by atoms with Crippen molar-refractivity contribution in [2.75, 3.05) is 13.6 Å². The number of hydrogen-bond acceptors (Lipinski definition) is 3. The number of carbonyl (C=O) groups excluding carboxylic acids is 1. The van der Waals surface area contributed by atoms with Crippen LogP contribution < -0.4 is 5.32 Å². The molecule has 0 aliphatic carbocycles. The highest BCUT2D eigenvalue weighted by molar-refractivity contribution is 5.87. The molecule has 1 saturated heterocycles. The van der Waals surface area contributed by atoms with E-state index in [-0.39, 0.29) is 11.9 Å². The van der Waals surface area contributed by atoms with Gasteiger partial charge < -0.3 is 15.3 Å².